The van der Waals surface area contributed by atoms with Crippen LogP contribution in [0.1, 0.15) is 19.4 Å². The van der Waals surface area contributed by atoms with Gasteiger partial charge in [-0.05, 0) is 53.0 Å². The Hall–Kier alpha value is -0.570. The number of nitrogens with one attached hydrogen (secondary N) is 1. The van der Waals surface area contributed by atoms with Crippen LogP contribution in [0.2, 0.25) is 5.02 Å². The molecule has 0 aliphatic carbocycles. The van der Waals surface area contributed by atoms with Crippen LogP contribution in [-0.4, -0.2) is 37.6 Å². The summed E-state index contributed by atoms with van der Waals surface area (Å²) in [7, 11) is 6.22. The van der Waals surface area contributed by atoms with E-state index >= 15 is 0 Å². The van der Waals surface area contributed by atoms with Gasteiger partial charge in [0.1, 0.15) is 0 Å². The number of likely N-dealkylation sites (N-methyl/N-ethyl adjacent to an activating group) is 2. The predicted octanol–water partition coefficient (Wildman–Crippen LogP) is 2.81. The molecule has 0 aliphatic heterocycles. The summed E-state index contributed by atoms with van der Waals surface area (Å²) < 4.78 is 0. The van der Waals surface area contributed by atoms with Crippen molar-refractivity contribution in [3.63, 3.8) is 0 Å². The molecule has 0 saturated heterocycles. The Morgan fingerprint density at radius 1 is 1.29 bits per heavy atom. The SMILES string of the molecule is CNC(Cc1ccccc1Cl)C(C)(C)N(C)C. The Morgan fingerprint density at radius 2 is 1.88 bits per heavy atom. The summed E-state index contributed by atoms with van der Waals surface area (Å²) in [5, 5.41) is 4.25. The highest BCUT2D eigenvalue weighted by molar-refractivity contribution is 6.31. The molecule has 0 bridgehead atoms. The molecule has 1 rings (SSSR count). The summed E-state index contributed by atoms with van der Waals surface area (Å²) in [6.07, 6.45) is 0.932. The lowest BCUT2D eigenvalue weighted by atomic mass is 9.88. The van der Waals surface area contributed by atoms with Crippen LogP contribution in [0.4, 0.5) is 0 Å². The zero-order valence-electron chi connectivity index (χ0n) is 11.4. The van der Waals surface area contributed by atoms with Crippen LogP contribution in [0.25, 0.3) is 0 Å². The lowest BCUT2D eigenvalue weighted by molar-refractivity contribution is 0.141. The van der Waals surface area contributed by atoms with Gasteiger partial charge in [0.2, 0.25) is 0 Å². The zero-order chi connectivity index (χ0) is 13.1. The average molecular weight is 255 g/mol. The summed E-state index contributed by atoms with van der Waals surface area (Å²) in [5.41, 5.74) is 1.27. The van der Waals surface area contributed by atoms with Crippen LogP contribution in [0.3, 0.4) is 0 Å². The number of rotatable bonds is 5. The quantitative estimate of drug-likeness (QED) is 0.869. The van der Waals surface area contributed by atoms with Crippen molar-refractivity contribution >= 4 is 11.6 Å². The molecule has 0 radical (unpaired) electrons. The minimum atomic E-state index is 0.0773. The van der Waals surface area contributed by atoms with Crippen molar-refractivity contribution in [3.05, 3.63) is 34.9 Å². The fourth-order valence-electron chi connectivity index (χ4n) is 1.90. The molecule has 0 heterocycles. The Balaban J connectivity index is 2.88. The monoisotopic (exact) mass is 254 g/mol. The first-order valence-electron chi connectivity index (χ1n) is 5.97. The second-order valence-corrected chi connectivity index (χ2v) is 5.59. The standard InChI is InChI=1S/C14H23ClN2/c1-14(2,17(4)5)13(16-3)10-11-8-6-7-9-12(11)15/h6-9,13,16H,10H2,1-5H3. The molecule has 0 fully saturated rings. The van der Waals surface area contributed by atoms with E-state index in [-0.39, 0.29) is 5.54 Å². The molecule has 1 aromatic rings. The molecular formula is C14H23ClN2. The van der Waals surface area contributed by atoms with Crippen molar-refractivity contribution in [2.45, 2.75) is 31.8 Å². The van der Waals surface area contributed by atoms with Crippen molar-refractivity contribution in [2.75, 3.05) is 21.1 Å². The highest BCUT2D eigenvalue weighted by Crippen LogP contribution is 2.23. The van der Waals surface area contributed by atoms with Gasteiger partial charge in [-0.2, -0.15) is 0 Å². The maximum absolute atomic E-state index is 6.21. The molecule has 96 valence electrons. The van der Waals surface area contributed by atoms with Gasteiger partial charge < -0.3 is 10.2 Å². The van der Waals surface area contributed by atoms with E-state index in [4.69, 9.17) is 11.6 Å². The van der Waals surface area contributed by atoms with Crippen LogP contribution < -0.4 is 5.32 Å². The molecule has 1 aromatic carbocycles. The van der Waals surface area contributed by atoms with Gasteiger partial charge in [-0.3, -0.25) is 0 Å². The first-order chi connectivity index (χ1) is 7.89. The fourth-order valence-corrected chi connectivity index (χ4v) is 2.11. The molecule has 2 nitrogen and oxygen atoms in total. The Bertz CT molecular complexity index is 361. The Kier molecular flexibility index (Phi) is 4.99. The minimum Gasteiger partial charge on any atom is -0.315 e. The highest BCUT2D eigenvalue weighted by Gasteiger charge is 2.30. The number of halogens is 1. The van der Waals surface area contributed by atoms with E-state index < -0.39 is 0 Å². The lowest BCUT2D eigenvalue weighted by Gasteiger charge is -2.40. The molecule has 0 spiro atoms. The molecule has 1 N–H and O–H groups in total. The third-order valence-electron chi connectivity index (χ3n) is 3.74. The summed E-state index contributed by atoms with van der Waals surface area (Å²) in [6.45, 7) is 4.48. The van der Waals surface area contributed by atoms with Crippen molar-refractivity contribution in [2.24, 2.45) is 0 Å². The van der Waals surface area contributed by atoms with Crippen LogP contribution in [0.5, 0.6) is 0 Å². The largest absolute Gasteiger partial charge is 0.315 e. The number of benzene rings is 1. The van der Waals surface area contributed by atoms with Gasteiger partial charge in [-0.15, -0.1) is 0 Å². The molecule has 3 heteroatoms. The summed E-state index contributed by atoms with van der Waals surface area (Å²) in [6, 6.07) is 8.41. The van der Waals surface area contributed by atoms with Crippen molar-refractivity contribution in [1.29, 1.82) is 0 Å². The van der Waals surface area contributed by atoms with Crippen LogP contribution in [0, 0.1) is 0 Å². The smallest absolute Gasteiger partial charge is 0.0438 e. The summed E-state index contributed by atoms with van der Waals surface area (Å²) in [4.78, 5) is 2.24. The lowest BCUT2D eigenvalue weighted by Crippen LogP contribution is -2.55. The molecular weight excluding hydrogens is 232 g/mol. The second-order valence-electron chi connectivity index (χ2n) is 5.18. The third kappa shape index (κ3) is 3.44. The van der Waals surface area contributed by atoms with E-state index in [1.165, 1.54) is 5.56 Å². The molecule has 17 heavy (non-hydrogen) atoms. The van der Waals surface area contributed by atoms with Crippen molar-refractivity contribution in [1.82, 2.24) is 10.2 Å². The highest BCUT2D eigenvalue weighted by atomic mass is 35.5. The third-order valence-corrected chi connectivity index (χ3v) is 4.10. The topological polar surface area (TPSA) is 15.3 Å². The number of nitrogens with zero attached hydrogens (tertiary/aromatic N) is 1. The van der Waals surface area contributed by atoms with Gasteiger partial charge in [-0.1, -0.05) is 29.8 Å². The van der Waals surface area contributed by atoms with Gasteiger partial charge in [0.05, 0.1) is 0 Å². The molecule has 0 saturated carbocycles. The average Bonchev–Trinajstić information content (AvgIpc) is 2.27. The normalized spacial score (nSPS) is 14.1. The van der Waals surface area contributed by atoms with E-state index in [1.807, 2.05) is 25.2 Å². The summed E-state index contributed by atoms with van der Waals surface area (Å²) >= 11 is 6.21. The Morgan fingerprint density at radius 3 is 2.35 bits per heavy atom. The van der Waals surface area contributed by atoms with E-state index in [1.54, 1.807) is 0 Å². The van der Waals surface area contributed by atoms with E-state index in [2.05, 4.69) is 44.2 Å². The first kappa shape index (κ1) is 14.5. The van der Waals surface area contributed by atoms with Crippen LogP contribution in [0.15, 0.2) is 24.3 Å². The predicted molar refractivity (Wildman–Crippen MR) is 75.8 cm³/mol. The first-order valence-corrected chi connectivity index (χ1v) is 6.35. The molecule has 0 aromatic heterocycles. The van der Waals surface area contributed by atoms with Crippen molar-refractivity contribution < 1.29 is 0 Å². The molecule has 1 atom stereocenters. The molecule has 0 amide bonds. The van der Waals surface area contributed by atoms with E-state index in [0.29, 0.717) is 6.04 Å². The Labute approximate surface area is 110 Å². The molecule has 0 aliphatic rings. The van der Waals surface area contributed by atoms with Gasteiger partial charge in [-0.25, -0.2) is 0 Å². The maximum Gasteiger partial charge on any atom is 0.0438 e. The second kappa shape index (κ2) is 5.85. The van der Waals surface area contributed by atoms with Crippen LogP contribution in [-0.2, 0) is 6.42 Å². The van der Waals surface area contributed by atoms with Gasteiger partial charge >= 0.3 is 0 Å². The van der Waals surface area contributed by atoms with Crippen LogP contribution >= 0.6 is 11.6 Å². The van der Waals surface area contributed by atoms with Gasteiger partial charge in [0, 0.05) is 16.6 Å². The maximum atomic E-state index is 6.21. The fraction of sp³-hybridized carbons (Fsp3) is 0.571. The van der Waals surface area contributed by atoms with Crippen molar-refractivity contribution in [3.8, 4) is 0 Å². The molecule has 1 unspecified atom stereocenters. The zero-order valence-corrected chi connectivity index (χ0v) is 12.2. The van der Waals surface area contributed by atoms with Gasteiger partial charge in [0.25, 0.3) is 0 Å². The van der Waals surface area contributed by atoms with E-state index in [9.17, 15) is 0 Å². The number of hydrogen-bond acceptors (Lipinski definition) is 2. The van der Waals surface area contributed by atoms with Gasteiger partial charge in [0.15, 0.2) is 0 Å². The minimum absolute atomic E-state index is 0.0773. The summed E-state index contributed by atoms with van der Waals surface area (Å²) in [5.74, 6) is 0. The number of hydrogen-bond donors (Lipinski definition) is 1. The van der Waals surface area contributed by atoms with E-state index in [0.717, 1.165) is 11.4 Å².